The predicted octanol–water partition coefficient (Wildman–Crippen LogP) is 2.55. The zero-order valence-electron chi connectivity index (χ0n) is 11.7. The second-order valence-corrected chi connectivity index (χ2v) is 5.64. The van der Waals surface area contributed by atoms with E-state index in [9.17, 15) is 9.59 Å². The SMILES string of the molecule is CCOC(=O)C(OC(=O)CC(C)(C)C)C(C)C. The molecule has 0 aromatic rings. The molecular weight excluding hydrogens is 220 g/mol. The zero-order valence-corrected chi connectivity index (χ0v) is 11.7. The molecule has 1 unspecified atom stereocenters. The molecular formula is C13H24O4. The van der Waals surface area contributed by atoms with Gasteiger partial charge >= 0.3 is 11.9 Å². The molecule has 0 amide bonds. The van der Waals surface area contributed by atoms with E-state index in [1.807, 2.05) is 34.6 Å². The Morgan fingerprint density at radius 2 is 1.71 bits per heavy atom. The van der Waals surface area contributed by atoms with E-state index in [-0.39, 0.29) is 23.7 Å². The lowest BCUT2D eigenvalue weighted by Crippen LogP contribution is -2.34. The van der Waals surface area contributed by atoms with Gasteiger partial charge in [-0.15, -0.1) is 0 Å². The van der Waals surface area contributed by atoms with Gasteiger partial charge in [-0.1, -0.05) is 34.6 Å². The van der Waals surface area contributed by atoms with Crippen LogP contribution in [0.25, 0.3) is 0 Å². The third-order valence-corrected chi connectivity index (χ3v) is 2.06. The van der Waals surface area contributed by atoms with Crippen LogP contribution in [0, 0.1) is 11.3 Å². The summed E-state index contributed by atoms with van der Waals surface area (Å²) in [5.74, 6) is -0.910. The fourth-order valence-corrected chi connectivity index (χ4v) is 1.30. The highest BCUT2D eigenvalue weighted by Crippen LogP contribution is 2.20. The lowest BCUT2D eigenvalue weighted by atomic mass is 9.92. The molecule has 0 radical (unpaired) electrons. The van der Waals surface area contributed by atoms with Crippen LogP contribution >= 0.6 is 0 Å². The summed E-state index contributed by atoms with van der Waals surface area (Å²) in [5.41, 5.74) is -0.146. The Labute approximate surface area is 104 Å². The maximum Gasteiger partial charge on any atom is 0.347 e. The first-order chi connectivity index (χ1) is 7.67. The molecule has 100 valence electrons. The Morgan fingerprint density at radius 3 is 2.06 bits per heavy atom. The molecule has 0 aliphatic rings. The van der Waals surface area contributed by atoms with Crippen LogP contribution in [-0.2, 0) is 19.1 Å². The monoisotopic (exact) mass is 244 g/mol. The first-order valence-electron chi connectivity index (χ1n) is 6.03. The van der Waals surface area contributed by atoms with Crippen molar-refractivity contribution >= 4 is 11.9 Å². The number of rotatable bonds is 5. The molecule has 0 rings (SSSR count). The van der Waals surface area contributed by atoms with Crippen LogP contribution in [-0.4, -0.2) is 24.6 Å². The van der Waals surface area contributed by atoms with E-state index in [0.717, 1.165) is 0 Å². The van der Waals surface area contributed by atoms with Gasteiger partial charge in [0.15, 0.2) is 0 Å². The maximum absolute atomic E-state index is 11.7. The van der Waals surface area contributed by atoms with Gasteiger partial charge in [0.2, 0.25) is 6.10 Å². The minimum absolute atomic E-state index is 0.0852. The van der Waals surface area contributed by atoms with Gasteiger partial charge in [-0.05, 0) is 12.3 Å². The van der Waals surface area contributed by atoms with Crippen molar-refractivity contribution in [2.45, 2.75) is 54.1 Å². The van der Waals surface area contributed by atoms with Crippen LogP contribution in [0.4, 0.5) is 0 Å². The van der Waals surface area contributed by atoms with Crippen LogP contribution in [0.15, 0.2) is 0 Å². The Bertz CT molecular complexity index is 263. The molecule has 0 fully saturated rings. The van der Waals surface area contributed by atoms with Crippen LogP contribution in [0.1, 0.15) is 48.0 Å². The summed E-state index contributed by atoms with van der Waals surface area (Å²) in [6.07, 6.45) is -0.514. The van der Waals surface area contributed by atoms with Crippen molar-refractivity contribution in [1.29, 1.82) is 0 Å². The normalized spacial score (nSPS) is 13.4. The smallest absolute Gasteiger partial charge is 0.347 e. The van der Waals surface area contributed by atoms with Crippen molar-refractivity contribution in [3.63, 3.8) is 0 Å². The Balaban J connectivity index is 4.46. The van der Waals surface area contributed by atoms with E-state index in [1.165, 1.54) is 0 Å². The molecule has 0 bridgehead atoms. The molecule has 0 aromatic carbocycles. The molecule has 0 aromatic heterocycles. The lowest BCUT2D eigenvalue weighted by Gasteiger charge is -2.22. The van der Waals surface area contributed by atoms with Crippen LogP contribution in [0.3, 0.4) is 0 Å². The molecule has 0 aliphatic carbocycles. The number of hydrogen-bond donors (Lipinski definition) is 0. The minimum Gasteiger partial charge on any atom is -0.463 e. The number of hydrogen-bond acceptors (Lipinski definition) is 4. The maximum atomic E-state index is 11.7. The van der Waals surface area contributed by atoms with Gasteiger partial charge < -0.3 is 9.47 Å². The first-order valence-corrected chi connectivity index (χ1v) is 6.03. The first kappa shape index (κ1) is 15.9. The van der Waals surface area contributed by atoms with Gasteiger partial charge in [0.25, 0.3) is 0 Å². The lowest BCUT2D eigenvalue weighted by molar-refractivity contribution is -0.171. The second-order valence-electron chi connectivity index (χ2n) is 5.64. The Kier molecular flexibility index (Phi) is 6.21. The van der Waals surface area contributed by atoms with E-state index in [4.69, 9.17) is 9.47 Å². The molecule has 0 spiro atoms. The molecule has 4 heteroatoms. The van der Waals surface area contributed by atoms with Gasteiger partial charge in [0.1, 0.15) is 0 Å². The van der Waals surface area contributed by atoms with Gasteiger partial charge in [-0.2, -0.15) is 0 Å². The average molecular weight is 244 g/mol. The van der Waals surface area contributed by atoms with E-state index in [2.05, 4.69) is 0 Å². The highest BCUT2D eigenvalue weighted by molar-refractivity contribution is 5.79. The number of carbonyl (C=O) groups is 2. The summed E-state index contributed by atoms with van der Waals surface area (Å²) in [7, 11) is 0. The Morgan fingerprint density at radius 1 is 1.18 bits per heavy atom. The molecule has 1 atom stereocenters. The van der Waals surface area contributed by atoms with Crippen LogP contribution in [0.2, 0.25) is 0 Å². The van der Waals surface area contributed by atoms with Gasteiger partial charge in [-0.25, -0.2) is 4.79 Å². The quantitative estimate of drug-likeness (QED) is 0.697. The van der Waals surface area contributed by atoms with Gasteiger partial charge in [0.05, 0.1) is 13.0 Å². The minimum atomic E-state index is -0.801. The van der Waals surface area contributed by atoms with Crippen LogP contribution < -0.4 is 0 Å². The Hall–Kier alpha value is -1.06. The van der Waals surface area contributed by atoms with Crippen molar-refractivity contribution < 1.29 is 19.1 Å². The number of carbonyl (C=O) groups excluding carboxylic acids is 2. The highest BCUT2D eigenvalue weighted by Gasteiger charge is 2.29. The summed E-state index contributed by atoms with van der Waals surface area (Å²) in [6.45, 7) is 11.5. The zero-order chi connectivity index (χ0) is 13.6. The van der Waals surface area contributed by atoms with Gasteiger partial charge in [-0.3, -0.25) is 4.79 Å². The third-order valence-electron chi connectivity index (χ3n) is 2.06. The molecule has 0 aliphatic heterocycles. The van der Waals surface area contributed by atoms with E-state index < -0.39 is 12.1 Å². The fourth-order valence-electron chi connectivity index (χ4n) is 1.30. The number of esters is 2. The van der Waals surface area contributed by atoms with Crippen molar-refractivity contribution in [2.75, 3.05) is 6.61 Å². The summed E-state index contributed by atoms with van der Waals surface area (Å²) < 4.78 is 10.1. The molecule has 4 nitrogen and oxygen atoms in total. The average Bonchev–Trinajstić information content (AvgIpc) is 2.11. The molecule has 0 saturated heterocycles. The van der Waals surface area contributed by atoms with Crippen molar-refractivity contribution in [3.8, 4) is 0 Å². The largest absolute Gasteiger partial charge is 0.463 e. The van der Waals surface area contributed by atoms with Gasteiger partial charge in [0, 0.05) is 5.92 Å². The third kappa shape index (κ3) is 6.97. The summed E-state index contributed by atoms with van der Waals surface area (Å²) in [4.78, 5) is 23.2. The molecule has 0 heterocycles. The summed E-state index contributed by atoms with van der Waals surface area (Å²) in [5, 5.41) is 0. The topological polar surface area (TPSA) is 52.6 Å². The van der Waals surface area contributed by atoms with Crippen molar-refractivity contribution in [1.82, 2.24) is 0 Å². The molecule has 0 N–H and O–H groups in total. The van der Waals surface area contributed by atoms with E-state index in [1.54, 1.807) is 6.92 Å². The summed E-state index contributed by atoms with van der Waals surface area (Å²) in [6, 6.07) is 0. The van der Waals surface area contributed by atoms with Crippen molar-refractivity contribution in [3.05, 3.63) is 0 Å². The molecule has 0 saturated carbocycles. The predicted molar refractivity (Wildman–Crippen MR) is 65.4 cm³/mol. The number of ether oxygens (including phenoxy) is 2. The van der Waals surface area contributed by atoms with E-state index in [0.29, 0.717) is 6.61 Å². The van der Waals surface area contributed by atoms with E-state index >= 15 is 0 Å². The van der Waals surface area contributed by atoms with Crippen molar-refractivity contribution in [2.24, 2.45) is 11.3 Å². The highest BCUT2D eigenvalue weighted by atomic mass is 16.6. The second kappa shape index (κ2) is 6.62. The summed E-state index contributed by atoms with van der Waals surface area (Å²) >= 11 is 0. The fraction of sp³-hybridized carbons (Fsp3) is 0.846. The molecule has 17 heavy (non-hydrogen) atoms. The standard InChI is InChI=1S/C13H24O4/c1-7-16-12(15)11(9(2)3)17-10(14)8-13(4,5)6/h9,11H,7-8H2,1-6H3. The van der Waals surface area contributed by atoms with Crippen LogP contribution in [0.5, 0.6) is 0 Å².